The fraction of sp³-hybridized carbons (Fsp3) is 0.577. The van der Waals surface area contributed by atoms with Crippen LogP contribution in [-0.4, -0.2) is 57.4 Å². The molecular weight excluding hydrogens is 430 g/mol. The first-order valence-corrected chi connectivity index (χ1v) is 12.5. The zero-order chi connectivity index (χ0) is 24.2. The van der Waals surface area contributed by atoms with Crippen molar-refractivity contribution in [1.29, 1.82) is 0 Å². The van der Waals surface area contributed by atoms with Gasteiger partial charge in [0.05, 0.1) is 18.0 Å². The van der Waals surface area contributed by atoms with Crippen molar-refractivity contribution in [1.82, 2.24) is 24.6 Å². The number of nitrogens with one attached hydrogen (secondary N) is 1. The number of aryl methyl sites for hydroxylation is 1. The number of hydrogen-bond donors (Lipinski definition) is 1. The monoisotopic (exact) mass is 467 g/mol. The van der Waals surface area contributed by atoms with E-state index in [2.05, 4.69) is 29.2 Å². The normalized spacial score (nSPS) is 15.0. The van der Waals surface area contributed by atoms with E-state index in [-0.39, 0.29) is 18.0 Å². The van der Waals surface area contributed by atoms with Crippen molar-refractivity contribution in [3.8, 4) is 5.75 Å². The third kappa shape index (κ3) is 5.12. The van der Waals surface area contributed by atoms with Crippen LogP contribution in [0.3, 0.4) is 0 Å². The molecule has 1 fully saturated rings. The second-order valence-corrected chi connectivity index (χ2v) is 9.66. The first-order chi connectivity index (χ1) is 16.4. The number of aromatic nitrogens is 3. The van der Waals surface area contributed by atoms with Crippen molar-refractivity contribution in [3.05, 3.63) is 34.7 Å². The average molecular weight is 468 g/mol. The summed E-state index contributed by atoms with van der Waals surface area (Å²) < 4.78 is 8.51. The number of pyridine rings is 1. The standard InChI is InChI=1S/C26H37N5O3/c1-18(2)31(19-9-6-5-7-10-19)14-8-13-27-24(32)17-30-16-22-25(28-30)21-15-20(34-4)11-12-23(21)29(3)26(22)33/h11-12,15-16,18-19H,5-10,13-14,17H2,1-4H3,(H,27,32). The van der Waals surface area contributed by atoms with Crippen LogP contribution < -0.4 is 15.6 Å². The van der Waals surface area contributed by atoms with Crippen LogP contribution >= 0.6 is 0 Å². The van der Waals surface area contributed by atoms with Gasteiger partial charge in [-0.15, -0.1) is 0 Å². The molecule has 0 spiro atoms. The molecule has 0 saturated heterocycles. The molecule has 0 bridgehead atoms. The van der Waals surface area contributed by atoms with Gasteiger partial charge in [0.1, 0.15) is 17.8 Å². The molecule has 0 unspecified atom stereocenters. The highest BCUT2D eigenvalue weighted by Gasteiger charge is 2.22. The molecule has 4 rings (SSSR count). The van der Waals surface area contributed by atoms with Crippen molar-refractivity contribution in [2.24, 2.45) is 7.05 Å². The number of nitrogens with zero attached hydrogens (tertiary/aromatic N) is 4. The molecule has 2 heterocycles. The lowest BCUT2D eigenvalue weighted by Crippen LogP contribution is -2.43. The fourth-order valence-electron chi connectivity index (χ4n) is 5.24. The second-order valence-electron chi connectivity index (χ2n) is 9.66. The average Bonchev–Trinajstić information content (AvgIpc) is 3.26. The predicted molar refractivity (Wildman–Crippen MR) is 135 cm³/mol. The van der Waals surface area contributed by atoms with E-state index in [4.69, 9.17) is 4.74 Å². The predicted octanol–water partition coefficient (Wildman–Crippen LogP) is 3.45. The topological polar surface area (TPSA) is 81.4 Å². The van der Waals surface area contributed by atoms with E-state index >= 15 is 0 Å². The third-order valence-electron chi connectivity index (χ3n) is 7.04. The SMILES string of the molecule is COc1ccc2c(c1)c1nn(CC(=O)NCCCN(C(C)C)C3CCCCC3)cc1c(=O)n2C. The van der Waals surface area contributed by atoms with Crippen molar-refractivity contribution >= 4 is 27.7 Å². The van der Waals surface area contributed by atoms with Crippen molar-refractivity contribution in [2.75, 3.05) is 20.2 Å². The summed E-state index contributed by atoms with van der Waals surface area (Å²) in [5.74, 6) is 0.601. The Hall–Kier alpha value is -2.87. The molecule has 0 aliphatic heterocycles. The van der Waals surface area contributed by atoms with Crippen LogP contribution in [0, 0.1) is 0 Å². The summed E-state index contributed by atoms with van der Waals surface area (Å²) in [5.41, 5.74) is 1.24. The molecule has 1 aliphatic carbocycles. The lowest BCUT2D eigenvalue weighted by atomic mass is 9.93. The Morgan fingerprint density at radius 2 is 2.00 bits per heavy atom. The number of ether oxygens (including phenoxy) is 1. The molecule has 34 heavy (non-hydrogen) atoms. The van der Waals surface area contributed by atoms with Crippen LogP contribution in [-0.2, 0) is 18.4 Å². The number of amides is 1. The molecular formula is C26H37N5O3. The lowest BCUT2D eigenvalue weighted by molar-refractivity contribution is -0.121. The van der Waals surface area contributed by atoms with E-state index in [0.717, 1.165) is 23.9 Å². The van der Waals surface area contributed by atoms with Gasteiger partial charge in [-0.3, -0.25) is 19.2 Å². The molecule has 2 aromatic heterocycles. The van der Waals surface area contributed by atoms with Gasteiger partial charge >= 0.3 is 0 Å². The van der Waals surface area contributed by atoms with E-state index in [1.807, 2.05) is 18.2 Å². The summed E-state index contributed by atoms with van der Waals surface area (Å²) in [6.07, 6.45) is 9.18. The van der Waals surface area contributed by atoms with Crippen molar-refractivity contribution in [2.45, 2.75) is 71.0 Å². The van der Waals surface area contributed by atoms with E-state index in [1.54, 1.807) is 29.6 Å². The van der Waals surface area contributed by atoms with Gasteiger partial charge in [-0.25, -0.2) is 0 Å². The first-order valence-electron chi connectivity index (χ1n) is 12.5. The number of rotatable bonds is 9. The van der Waals surface area contributed by atoms with E-state index in [9.17, 15) is 9.59 Å². The van der Waals surface area contributed by atoms with Crippen LogP contribution in [0.4, 0.5) is 0 Å². The van der Waals surface area contributed by atoms with Gasteiger partial charge < -0.3 is 14.6 Å². The molecule has 1 aromatic carbocycles. The molecule has 1 amide bonds. The van der Waals surface area contributed by atoms with Crippen LogP contribution in [0.5, 0.6) is 5.75 Å². The summed E-state index contributed by atoms with van der Waals surface area (Å²) in [4.78, 5) is 28.0. The molecule has 8 nitrogen and oxygen atoms in total. The molecule has 3 aromatic rings. The zero-order valence-electron chi connectivity index (χ0n) is 20.8. The number of fused-ring (bicyclic) bond motifs is 3. The molecule has 184 valence electrons. The molecule has 1 saturated carbocycles. The summed E-state index contributed by atoms with van der Waals surface area (Å²) in [6.45, 7) is 6.24. The minimum Gasteiger partial charge on any atom is -0.497 e. The van der Waals surface area contributed by atoms with Crippen LogP contribution in [0.25, 0.3) is 21.8 Å². The molecule has 8 heteroatoms. The summed E-state index contributed by atoms with van der Waals surface area (Å²) >= 11 is 0. The first kappa shape index (κ1) is 24.3. The Bertz CT molecular complexity index is 1210. The van der Waals surface area contributed by atoms with Gasteiger partial charge in [0, 0.05) is 43.8 Å². The van der Waals surface area contributed by atoms with Crippen LogP contribution in [0.15, 0.2) is 29.2 Å². The Morgan fingerprint density at radius 3 is 2.71 bits per heavy atom. The number of benzene rings is 1. The molecule has 1 N–H and O–H groups in total. The van der Waals surface area contributed by atoms with Crippen LogP contribution in [0.1, 0.15) is 52.4 Å². The Morgan fingerprint density at radius 1 is 1.24 bits per heavy atom. The fourth-order valence-corrected chi connectivity index (χ4v) is 5.24. The number of carbonyl (C=O) groups excluding carboxylic acids is 1. The summed E-state index contributed by atoms with van der Waals surface area (Å²) in [7, 11) is 3.35. The second kappa shape index (κ2) is 10.6. The minimum atomic E-state index is -0.129. The van der Waals surface area contributed by atoms with E-state index < -0.39 is 0 Å². The molecule has 0 radical (unpaired) electrons. The molecule has 0 atom stereocenters. The van der Waals surface area contributed by atoms with Gasteiger partial charge in [0.2, 0.25) is 5.91 Å². The number of carbonyl (C=O) groups is 1. The van der Waals surface area contributed by atoms with Gasteiger partial charge in [0.25, 0.3) is 5.56 Å². The number of methoxy groups -OCH3 is 1. The minimum absolute atomic E-state index is 0.0832. The number of hydrogen-bond acceptors (Lipinski definition) is 5. The van der Waals surface area contributed by atoms with Gasteiger partial charge in [-0.05, 0) is 51.3 Å². The Labute approximate surface area is 200 Å². The van der Waals surface area contributed by atoms with Gasteiger partial charge in [-0.2, -0.15) is 5.10 Å². The maximum atomic E-state index is 12.8. The summed E-state index contributed by atoms with van der Waals surface area (Å²) in [5, 5.41) is 8.92. The Balaban J connectivity index is 1.39. The van der Waals surface area contributed by atoms with E-state index in [1.165, 1.54) is 32.1 Å². The highest BCUT2D eigenvalue weighted by Crippen LogP contribution is 2.26. The lowest BCUT2D eigenvalue weighted by Gasteiger charge is -2.37. The highest BCUT2D eigenvalue weighted by molar-refractivity contribution is 6.03. The highest BCUT2D eigenvalue weighted by atomic mass is 16.5. The quantitative estimate of drug-likeness (QED) is 0.488. The van der Waals surface area contributed by atoms with Crippen molar-refractivity contribution < 1.29 is 9.53 Å². The maximum absolute atomic E-state index is 12.8. The Kier molecular flexibility index (Phi) is 7.56. The largest absolute Gasteiger partial charge is 0.497 e. The smallest absolute Gasteiger partial charge is 0.261 e. The third-order valence-corrected chi connectivity index (χ3v) is 7.04. The summed E-state index contributed by atoms with van der Waals surface area (Å²) in [6, 6.07) is 6.76. The van der Waals surface area contributed by atoms with Gasteiger partial charge in [0.15, 0.2) is 0 Å². The maximum Gasteiger partial charge on any atom is 0.261 e. The van der Waals surface area contributed by atoms with Crippen molar-refractivity contribution in [3.63, 3.8) is 0 Å². The van der Waals surface area contributed by atoms with Crippen LogP contribution in [0.2, 0.25) is 0 Å². The zero-order valence-corrected chi connectivity index (χ0v) is 20.8. The molecule has 1 aliphatic rings. The van der Waals surface area contributed by atoms with E-state index in [0.29, 0.717) is 35.3 Å². The van der Waals surface area contributed by atoms with Gasteiger partial charge in [-0.1, -0.05) is 19.3 Å².